The minimum atomic E-state index is 0.708. The smallest absolute Gasteiger partial charge is 0.126 e. The van der Waals surface area contributed by atoms with Crippen LogP contribution in [0.15, 0.2) is 43.1 Å². The first kappa shape index (κ1) is 12.9. The zero-order valence-corrected chi connectivity index (χ0v) is 12.3. The number of rotatable bonds is 2. The van der Waals surface area contributed by atoms with E-state index in [1.54, 1.807) is 6.33 Å². The first-order valence-electron chi connectivity index (χ1n) is 7.25. The molecule has 3 heterocycles. The molecule has 3 aromatic rings. The Bertz CT molecular complexity index is 830. The number of nitrogens with one attached hydrogen (secondary N) is 1. The van der Waals surface area contributed by atoms with Gasteiger partial charge in [0.05, 0.1) is 31.0 Å². The number of benzene rings is 1. The third-order valence-corrected chi connectivity index (χ3v) is 3.84. The molecule has 1 aliphatic heterocycles. The summed E-state index contributed by atoms with van der Waals surface area (Å²) in [7, 11) is 1.93. The molecular formula is C17H16N4O. The molecule has 0 bridgehead atoms. The maximum atomic E-state index is 5.78. The second-order valence-electron chi connectivity index (χ2n) is 5.39. The topological polar surface area (TPSA) is 55.7 Å². The maximum Gasteiger partial charge on any atom is 0.126 e. The lowest BCUT2D eigenvalue weighted by Crippen LogP contribution is -2.07. The van der Waals surface area contributed by atoms with E-state index in [4.69, 9.17) is 4.74 Å². The van der Waals surface area contributed by atoms with Crippen molar-refractivity contribution < 1.29 is 4.74 Å². The van der Waals surface area contributed by atoms with Gasteiger partial charge in [-0.2, -0.15) is 5.10 Å². The Morgan fingerprint density at radius 3 is 3.00 bits per heavy atom. The summed E-state index contributed by atoms with van der Waals surface area (Å²) in [6.07, 6.45) is 10.4. The van der Waals surface area contributed by atoms with Crippen molar-refractivity contribution in [2.45, 2.75) is 6.42 Å². The quantitative estimate of drug-likeness (QED) is 0.789. The Labute approximate surface area is 128 Å². The van der Waals surface area contributed by atoms with Crippen LogP contribution in [0.2, 0.25) is 0 Å². The number of H-pyrrole nitrogens is 1. The van der Waals surface area contributed by atoms with Crippen molar-refractivity contribution in [3.63, 3.8) is 0 Å². The number of hydrogen-bond acceptors (Lipinski definition) is 3. The summed E-state index contributed by atoms with van der Waals surface area (Å²) in [5, 5.41) is 4.24. The maximum absolute atomic E-state index is 5.78. The molecule has 0 amide bonds. The Morgan fingerprint density at radius 1 is 1.27 bits per heavy atom. The van der Waals surface area contributed by atoms with Crippen LogP contribution >= 0.6 is 0 Å². The second kappa shape index (κ2) is 5.18. The molecule has 0 fully saturated rings. The van der Waals surface area contributed by atoms with Crippen LogP contribution in [0, 0.1) is 0 Å². The minimum Gasteiger partial charge on any atom is -0.493 e. The van der Waals surface area contributed by atoms with Crippen molar-refractivity contribution in [3.8, 4) is 16.9 Å². The molecule has 2 aromatic heterocycles. The molecule has 0 saturated heterocycles. The van der Waals surface area contributed by atoms with Crippen LogP contribution in [0.4, 0.5) is 0 Å². The van der Waals surface area contributed by atoms with Crippen LogP contribution in [0.3, 0.4) is 0 Å². The highest BCUT2D eigenvalue weighted by atomic mass is 16.5. The third-order valence-electron chi connectivity index (χ3n) is 3.84. The van der Waals surface area contributed by atoms with Gasteiger partial charge in [0.15, 0.2) is 0 Å². The van der Waals surface area contributed by atoms with Gasteiger partial charge in [0.1, 0.15) is 5.75 Å². The molecule has 0 aliphatic carbocycles. The van der Waals surface area contributed by atoms with Gasteiger partial charge in [0, 0.05) is 30.8 Å². The number of nitrogens with zero attached hydrogens (tertiary/aromatic N) is 3. The fourth-order valence-corrected chi connectivity index (χ4v) is 2.75. The molecule has 5 heteroatoms. The highest BCUT2D eigenvalue weighted by Crippen LogP contribution is 2.36. The SMILES string of the molecule is Cn1cc(-c2ccc3c(c2)C(=Cc2cnc[nH]2)CCO3)cn1. The predicted molar refractivity (Wildman–Crippen MR) is 85.2 cm³/mol. The fraction of sp³-hybridized carbons (Fsp3) is 0.176. The lowest BCUT2D eigenvalue weighted by molar-refractivity contribution is 0.317. The summed E-state index contributed by atoms with van der Waals surface area (Å²) >= 11 is 0. The van der Waals surface area contributed by atoms with Gasteiger partial charge in [-0.15, -0.1) is 0 Å². The third kappa shape index (κ3) is 2.30. The van der Waals surface area contributed by atoms with Crippen LogP contribution in [-0.4, -0.2) is 26.4 Å². The van der Waals surface area contributed by atoms with Crippen molar-refractivity contribution in [1.82, 2.24) is 19.7 Å². The summed E-state index contributed by atoms with van der Waals surface area (Å²) in [6.45, 7) is 0.708. The van der Waals surface area contributed by atoms with Gasteiger partial charge in [0.25, 0.3) is 0 Å². The zero-order valence-electron chi connectivity index (χ0n) is 12.3. The van der Waals surface area contributed by atoms with E-state index in [-0.39, 0.29) is 0 Å². The first-order valence-corrected chi connectivity index (χ1v) is 7.25. The summed E-state index contributed by atoms with van der Waals surface area (Å²) in [4.78, 5) is 7.19. The van der Waals surface area contributed by atoms with Crippen LogP contribution in [0.25, 0.3) is 22.8 Å². The van der Waals surface area contributed by atoms with E-state index in [0.29, 0.717) is 6.61 Å². The number of ether oxygens (including phenoxy) is 1. The fourth-order valence-electron chi connectivity index (χ4n) is 2.75. The molecule has 4 rings (SSSR count). The van der Waals surface area contributed by atoms with E-state index in [2.05, 4.69) is 33.3 Å². The highest BCUT2D eigenvalue weighted by molar-refractivity contribution is 5.86. The molecule has 1 N–H and O–H groups in total. The Balaban J connectivity index is 1.79. The normalized spacial score (nSPS) is 15.6. The van der Waals surface area contributed by atoms with Crippen molar-refractivity contribution in [2.75, 3.05) is 6.61 Å². The number of aromatic nitrogens is 4. The van der Waals surface area contributed by atoms with Gasteiger partial charge in [-0.3, -0.25) is 4.68 Å². The molecule has 0 atom stereocenters. The van der Waals surface area contributed by atoms with E-state index in [1.165, 1.54) is 5.57 Å². The molecule has 1 aromatic carbocycles. The second-order valence-corrected chi connectivity index (χ2v) is 5.39. The molecular weight excluding hydrogens is 276 g/mol. The van der Waals surface area contributed by atoms with Crippen molar-refractivity contribution in [3.05, 3.63) is 54.4 Å². The van der Waals surface area contributed by atoms with E-state index in [9.17, 15) is 0 Å². The average Bonchev–Trinajstić information content (AvgIpc) is 3.19. The standard InChI is InChI=1S/C17H16N4O/c1-21-10-14(8-20-21)12-2-3-17-16(7-12)13(4-5-22-17)6-15-9-18-11-19-15/h2-3,6-11H,4-5H2,1H3,(H,18,19). The largest absolute Gasteiger partial charge is 0.493 e. The molecule has 1 aliphatic rings. The molecule has 5 nitrogen and oxygen atoms in total. The highest BCUT2D eigenvalue weighted by Gasteiger charge is 2.16. The summed E-state index contributed by atoms with van der Waals surface area (Å²) < 4.78 is 7.59. The molecule has 0 unspecified atom stereocenters. The number of hydrogen-bond donors (Lipinski definition) is 1. The van der Waals surface area contributed by atoms with Crippen LogP contribution < -0.4 is 4.74 Å². The van der Waals surface area contributed by atoms with Gasteiger partial charge >= 0.3 is 0 Å². The van der Waals surface area contributed by atoms with Gasteiger partial charge in [-0.25, -0.2) is 4.98 Å². The van der Waals surface area contributed by atoms with Crippen molar-refractivity contribution in [2.24, 2.45) is 7.05 Å². The molecule has 110 valence electrons. The van der Waals surface area contributed by atoms with Crippen LogP contribution in [0.1, 0.15) is 17.7 Å². The number of aromatic amines is 1. The lowest BCUT2D eigenvalue weighted by Gasteiger charge is -2.20. The Hall–Kier alpha value is -2.82. The van der Waals surface area contributed by atoms with Crippen LogP contribution in [-0.2, 0) is 7.05 Å². The van der Waals surface area contributed by atoms with E-state index in [0.717, 1.165) is 34.6 Å². The number of fused-ring (bicyclic) bond motifs is 1. The van der Waals surface area contributed by atoms with Gasteiger partial charge in [0.2, 0.25) is 0 Å². The number of aryl methyl sites for hydroxylation is 1. The monoisotopic (exact) mass is 292 g/mol. The van der Waals surface area contributed by atoms with Gasteiger partial charge < -0.3 is 9.72 Å². The molecule has 0 saturated carbocycles. The molecule has 22 heavy (non-hydrogen) atoms. The van der Waals surface area contributed by atoms with E-state index >= 15 is 0 Å². The molecule has 0 radical (unpaired) electrons. The lowest BCUT2D eigenvalue weighted by atomic mass is 9.95. The summed E-state index contributed by atoms with van der Waals surface area (Å²) in [5.74, 6) is 0.935. The first-order chi connectivity index (χ1) is 10.8. The van der Waals surface area contributed by atoms with E-state index < -0.39 is 0 Å². The number of imidazole rings is 1. The Morgan fingerprint density at radius 2 is 2.23 bits per heavy atom. The minimum absolute atomic E-state index is 0.708. The zero-order chi connectivity index (χ0) is 14.9. The van der Waals surface area contributed by atoms with Crippen LogP contribution in [0.5, 0.6) is 5.75 Å². The Kier molecular flexibility index (Phi) is 3.04. The van der Waals surface area contributed by atoms with Gasteiger partial charge in [-0.1, -0.05) is 6.07 Å². The van der Waals surface area contributed by atoms with Crippen molar-refractivity contribution >= 4 is 11.6 Å². The summed E-state index contributed by atoms with van der Waals surface area (Å²) in [6, 6.07) is 6.29. The molecule has 0 spiro atoms. The van der Waals surface area contributed by atoms with Gasteiger partial charge in [-0.05, 0) is 29.3 Å². The summed E-state index contributed by atoms with van der Waals surface area (Å²) in [5.41, 5.74) is 5.66. The predicted octanol–water partition coefficient (Wildman–Crippen LogP) is 3.13. The van der Waals surface area contributed by atoms with Crippen molar-refractivity contribution in [1.29, 1.82) is 0 Å². The average molecular weight is 292 g/mol. The van der Waals surface area contributed by atoms with E-state index in [1.807, 2.05) is 36.4 Å².